The Bertz CT molecular complexity index is 460. The van der Waals surface area contributed by atoms with Crippen molar-refractivity contribution in [1.82, 2.24) is 0 Å². The third-order valence-electron chi connectivity index (χ3n) is 2.57. The lowest BCUT2D eigenvalue weighted by Crippen LogP contribution is -2.07. The topological polar surface area (TPSA) is 59.3 Å². The molecule has 1 aromatic rings. The van der Waals surface area contributed by atoms with E-state index < -0.39 is 0 Å². The minimum Gasteiger partial charge on any atom is -0.496 e. The van der Waals surface area contributed by atoms with Gasteiger partial charge in [-0.25, -0.2) is 0 Å². The molecule has 0 atom stereocenters. The van der Waals surface area contributed by atoms with Crippen molar-refractivity contribution in [2.45, 2.75) is 19.8 Å². The summed E-state index contributed by atoms with van der Waals surface area (Å²) >= 11 is 0. The van der Waals surface area contributed by atoms with Crippen molar-refractivity contribution in [3.05, 3.63) is 28.8 Å². The summed E-state index contributed by atoms with van der Waals surface area (Å²) in [7, 11) is 2.90. The van der Waals surface area contributed by atoms with E-state index in [1.54, 1.807) is 13.2 Å². The van der Waals surface area contributed by atoms with Gasteiger partial charge in [0.1, 0.15) is 5.75 Å². The van der Waals surface area contributed by atoms with Gasteiger partial charge in [0.15, 0.2) is 0 Å². The average Bonchev–Trinajstić information content (AvgIpc) is 2.37. The van der Waals surface area contributed by atoms with Crippen LogP contribution in [0.3, 0.4) is 0 Å². The molecule has 0 N–H and O–H groups in total. The van der Waals surface area contributed by atoms with Crippen molar-refractivity contribution >= 4 is 5.97 Å². The van der Waals surface area contributed by atoms with E-state index in [0.717, 1.165) is 12.0 Å². The van der Waals surface area contributed by atoms with Crippen molar-refractivity contribution in [2.75, 3.05) is 14.2 Å². The molecule has 90 valence electrons. The Kier molecular flexibility index (Phi) is 4.53. The van der Waals surface area contributed by atoms with Gasteiger partial charge in [0.25, 0.3) is 0 Å². The normalized spacial score (nSPS) is 9.53. The maximum absolute atomic E-state index is 11.2. The highest BCUT2D eigenvalue weighted by atomic mass is 16.5. The lowest BCUT2D eigenvalue weighted by molar-refractivity contribution is -0.139. The van der Waals surface area contributed by atoms with Crippen LogP contribution in [0.25, 0.3) is 0 Å². The molecule has 4 heteroatoms. The second-order valence-corrected chi connectivity index (χ2v) is 3.54. The smallest absolute Gasteiger partial charge is 0.310 e. The number of rotatable bonds is 4. The molecule has 0 heterocycles. The molecule has 0 radical (unpaired) electrons. The van der Waals surface area contributed by atoms with E-state index in [4.69, 9.17) is 10.00 Å². The predicted molar refractivity (Wildman–Crippen MR) is 62.8 cm³/mol. The Morgan fingerprint density at radius 2 is 2.06 bits per heavy atom. The second-order valence-electron chi connectivity index (χ2n) is 3.54. The van der Waals surface area contributed by atoms with Crippen LogP contribution >= 0.6 is 0 Å². The summed E-state index contributed by atoms with van der Waals surface area (Å²) in [5.41, 5.74) is 2.10. The first-order chi connectivity index (χ1) is 8.15. The van der Waals surface area contributed by atoms with Gasteiger partial charge in [-0.3, -0.25) is 4.79 Å². The Hall–Kier alpha value is -2.02. The number of methoxy groups -OCH3 is 2. The molecule has 0 saturated carbocycles. The van der Waals surface area contributed by atoms with Crippen LogP contribution in [0.2, 0.25) is 0 Å². The summed E-state index contributed by atoms with van der Waals surface area (Å²) in [4.78, 5) is 11.2. The van der Waals surface area contributed by atoms with Crippen molar-refractivity contribution in [3.8, 4) is 11.8 Å². The zero-order chi connectivity index (χ0) is 12.8. The van der Waals surface area contributed by atoms with Gasteiger partial charge in [-0.2, -0.15) is 5.26 Å². The van der Waals surface area contributed by atoms with Crippen LogP contribution < -0.4 is 4.74 Å². The molecule has 0 aliphatic heterocycles. The van der Waals surface area contributed by atoms with Gasteiger partial charge in [0.2, 0.25) is 0 Å². The quantitative estimate of drug-likeness (QED) is 0.744. The number of nitrogens with zero attached hydrogens (tertiary/aromatic N) is 1. The largest absolute Gasteiger partial charge is 0.496 e. The molecule has 0 bridgehead atoms. The number of carbonyl (C=O) groups is 1. The van der Waals surface area contributed by atoms with Gasteiger partial charge in [-0.1, -0.05) is 13.0 Å². The molecule has 17 heavy (non-hydrogen) atoms. The minimum absolute atomic E-state index is 0.108. The van der Waals surface area contributed by atoms with Crippen molar-refractivity contribution in [2.24, 2.45) is 0 Å². The van der Waals surface area contributed by atoms with E-state index in [9.17, 15) is 4.79 Å². The molecular weight excluding hydrogens is 218 g/mol. The highest BCUT2D eigenvalue weighted by Crippen LogP contribution is 2.24. The molecule has 0 amide bonds. The SMILES string of the molecule is CCc1cc(CC(=O)OC)c(C#N)cc1OC. The summed E-state index contributed by atoms with van der Waals surface area (Å²) in [6.07, 6.45) is 0.888. The van der Waals surface area contributed by atoms with Gasteiger partial charge in [-0.05, 0) is 23.6 Å². The highest BCUT2D eigenvalue weighted by Gasteiger charge is 2.12. The predicted octanol–water partition coefficient (Wildman–Crippen LogP) is 1.84. The van der Waals surface area contributed by atoms with Gasteiger partial charge in [0.05, 0.1) is 32.3 Å². The summed E-state index contributed by atoms with van der Waals surface area (Å²) in [6.45, 7) is 1.99. The number of carbonyl (C=O) groups excluding carboxylic acids is 1. The fourth-order valence-electron chi connectivity index (χ4n) is 1.62. The molecule has 4 nitrogen and oxygen atoms in total. The zero-order valence-corrected chi connectivity index (χ0v) is 10.2. The monoisotopic (exact) mass is 233 g/mol. The van der Waals surface area contributed by atoms with Crippen LogP contribution in [0.4, 0.5) is 0 Å². The molecule has 1 rings (SSSR count). The first-order valence-electron chi connectivity index (χ1n) is 5.32. The van der Waals surface area contributed by atoms with Crippen LogP contribution in [-0.2, 0) is 22.4 Å². The number of nitriles is 1. The maximum Gasteiger partial charge on any atom is 0.310 e. The summed E-state index contributed by atoms with van der Waals surface area (Å²) in [5, 5.41) is 9.03. The van der Waals surface area contributed by atoms with Crippen molar-refractivity contribution in [1.29, 1.82) is 5.26 Å². The third kappa shape index (κ3) is 2.97. The molecule has 0 spiro atoms. The number of esters is 1. The zero-order valence-electron chi connectivity index (χ0n) is 10.2. The van der Waals surface area contributed by atoms with Crippen LogP contribution in [0.15, 0.2) is 12.1 Å². The maximum atomic E-state index is 11.2. The van der Waals surface area contributed by atoms with Crippen molar-refractivity contribution in [3.63, 3.8) is 0 Å². The molecular formula is C13H15NO3. The summed E-state index contributed by atoms with van der Waals surface area (Å²) in [5.74, 6) is 0.325. The lowest BCUT2D eigenvalue weighted by Gasteiger charge is -2.10. The number of ether oxygens (including phenoxy) is 2. The van der Waals surface area contributed by atoms with Gasteiger partial charge in [-0.15, -0.1) is 0 Å². The summed E-state index contributed by atoms with van der Waals surface area (Å²) in [6, 6.07) is 5.55. The van der Waals surface area contributed by atoms with E-state index in [1.165, 1.54) is 7.11 Å². The van der Waals surface area contributed by atoms with E-state index in [2.05, 4.69) is 10.8 Å². The number of benzene rings is 1. The van der Waals surface area contributed by atoms with Gasteiger partial charge >= 0.3 is 5.97 Å². The Balaban J connectivity index is 3.20. The molecule has 0 fully saturated rings. The Labute approximate surface area is 101 Å². The number of aryl methyl sites for hydroxylation is 1. The number of hydrogen-bond donors (Lipinski definition) is 0. The standard InChI is InChI=1S/C13H15NO3/c1-4-9-5-10(7-13(15)17-3)11(8-14)6-12(9)16-2/h5-6H,4,7H2,1-3H3. The van der Waals surface area contributed by atoms with E-state index >= 15 is 0 Å². The Morgan fingerprint density at radius 3 is 2.53 bits per heavy atom. The van der Waals surface area contributed by atoms with Gasteiger partial charge in [0, 0.05) is 0 Å². The first kappa shape index (κ1) is 13.0. The van der Waals surface area contributed by atoms with Crippen LogP contribution in [0.5, 0.6) is 5.75 Å². The van der Waals surface area contributed by atoms with Crippen LogP contribution in [0, 0.1) is 11.3 Å². The fourth-order valence-corrected chi connectivity index (χ4v) is 1.62. The highest BCUT2D eigenvalue weighted by molar-refractivity contribution is 5.73. The molecule has 0 unspecified atom stereocenters. The molecule has 0 saturated heterocycles. The molecule has 1 aromatic carbocycles. The fraction of sp³-hybridized carbons (Fsp3) is 0.385. The van der Waals surface area contributed by atoms with Crippen LogP contribution in [0.1, 0.15) is 23.6 Å². The van der Waals surface area contributed by atoms with E-state index in [1.807, 2.05) is 13.0 Å². The van der Waals surface area contributed by atoms with Crippen molar-refractivity contribution < 1.29 is 14.3 Å². The van der Waals surface area contributed by atoms with Gasteiger partial charge < -0.3 is 9.47 Å². The lowest BCUT2D eigenvalue weighted by atomic mass is 10.00. The second kappa shape index (κ2) is 5.90. The molecule has 0 aromatic heterocycles. The van der Waals surface area contributed by atoms with Crippen LogP contribution in [-0.4, -0.2) is 20.2 Å². The Morgan fingerprint density at radius 1 is 1.35 bits per heavy atom. The molecule has 0 aliphatic carbocycles. The molecule has 0 aliphatic rings. The average molecular weight is 233 g/mol. The van der Waals surface area contributed by atoms with E-state index in [-0.39, 0.29) is 12.4 Å². The summed E-state index contributed by atoms with van der Waals surface area (Å²) < 4.78 is 9.80. The third-order valence-corrected chi connectivity index (χ3v) is 2.57. The van der Waals surface area contributed by atoms with E-state index in [0.29, 0.717) is 16.9 Å². The number of hydrogen-bond acceptors (Lipinski definition) is 4. The minimum atomic E-state index is -0.353. The first-order valence-corrected chi connectivity index (χ1v) is 5.32.